The Labute approximate surface area is 129 Å². The van der Waals surface area contributed by atoms with E-state index >= 15 is 0 Å². The predicted octanol–water partition coefficient (Wildman–Crippen LogP) is -0.210. The summed E-state index contributed by atoms with van der Waals surface area (Å²) >= 11 is 0. The molecule has 1 aromatic heterocycles. The third kappa shape index (κ3) is 6.14. The lowest BCUT2D eigenvalue weighted by Crippen LogP contribution is -2.38. The number of nitrogens with two attached hydrogens (primary N) is 1. The summed E-state index contributed by atoms with van der Waals surface area (Å²) in [7, 11) is 1.67. The first-order valence-electron chi connectivity index (χ1n) is 6.60. The third-order valence-electron chi connectivity index (χ3n) is 3.28. The maximum Gasteiger partial charge on any atom is 0.328 e. The largest absolute Gasteiger partial charge is 0.344 e. The molecule has 1 aromatic rings. The van der Waals surface area contributed by atoms with Gasteiger partial charge in [-0.1, -0.05) is 13.8 Å². The van der Waals surface area contributed by atoms with Crippen LogP contribution in [-0.4, -0.2) is 40.0 Å². The van der Waals surface area contributed by atoms with Crippen molar-refractivity contribution >= 4 is 18.3 Å². The van der Waals surface area contributed by atoms with Crippen LogP contribution in [0.3, 0.4) is 0 Å². The van der Waals surface area contributed by atoms with Gasteiger partial charge in [0.1, 0.15) is 6.54 Å². The summed E-state index contributed by atoms with van der Waals surface area (Å²) in [5.41, 5.74) is 4.86. The summed E-state index contributed by atoms with van der Waals surface area (Å²) in [6.45, 7) is 4.51. The normalized spacial score (nSPS) is 11.9. The Morgan fingerprint density at radius 1 is 1.43 bits per heavy atom. The summed E-state index contributed by atoms with van der Waals surface area (Å²) in [5, 5.41) is 0. The first-order chi connectivity index (χ1) is 9.31. The van der Waals surface area contributed by atoms with Crippen LogP contribution in [0.4, 0.5) is 0 Å². The Kier molecular flexibility index (Phi) is 7.98. The topological polar surface area (TPSA) is 101 Å². The molecule has 1 unspecified atom stereocenters. The van der Waals surface area contributed by atoms with E-state index in [0.29, 0.717) is 18.9 Å². The van der Waals surface area contributed by atoms with Gasteiger partial charge in [-0.2, -0.15) is 0 Å². The number of likely N-dealkylation sites (N-methyl/N-ethyl adjacent to an activating group) is 1. The molecule has 7 nitrogen and oxygen atoms in total. The summed E-state index contributed by atoms with van der Waals surface area (Å²) in [6.07, 6.45) is 2.02. The fourth-order valence-electron chi connectivity index (χ4n) is 1.64. The first kappa shape index (κ1) is 19.4. The first-order valence-corrected chi connectivity index (χ1v) is 6.60. The molecule has 120 valence electrons. The molecule has 3 N–H and O–H groups in total. The molecule has 1 heterocycles. The number of carbonyl (C=O) groups is 1. The SMILES string of the molecule is CC(C)C(N)CCN(C)C(=O)Cn1ccc(=O)[nH]c1=O.Cl. The van der Waals surface area contributed by atoms with Gasteiger partial charge >= 0.3 is 5.69 Å². The molecule has 0 aromatic carbocycles. The molecule has 8 heteroatoms. The Morgan fingerprint density at radius 2 is 2.05 bits per heavy atom. The van der Waals surface area contributed by atoms with E-state index in [4.69, 9.17) is 5.73 Å². The van der Waals surface area contributed by atoms with Crippen molar-refractivity contribution in [2.24, 2.45) is 11.7 Å². The average molecular weight is 319 g/mol. The Hall–Kier alpha value is -1.60. The zero-order valence-electron chi connectivity index (χ0n) is 12.5. The average Bonchev–Trinajstić information content (AvgIpc) is 2.38. The number of aromatic amines is 1. The van der Waals surface area contributed by atoms with Gasteiger partial charge in [0.05, 0.1) is 0 Å². The standard InChI is InChI=1S/C13H22N4O3.ClH/c1-9(2)10(14)4-6-16(3)12(19)8-17-7-5-11(18)15-13(17)20;/h5,7,9-10H,4,6,8,14H2,1-3H3,(H,15,18,20);1H. The van der Waals surface area contributed by atoms with Crippen LogP contribution in [-0.2, 0) is 11.3 Å². The minimum absolute atomic E-state index is 0. The molecule has 0 saturated carbocycles. The zero-order chi connectivity index (χ0) is 15.3. The highest BCUT2D eigenvalue weighted by Gasteiger charge is 2.13. The number of carbonyl (C=O) groups excluding carboxylic acids is 1. The number of amides is 1. The molecule has 0 radical (unpaired) electrons. The number of rotatable bonds is 6. The van der Waals surface area contributed by atoms with Crippen LogP contribution in [0.2, 0.25) is 0 Å². The minimum Gasteiger partial charge on any atom is -0.344 e. The fourth-order valence-corrected chi connectivity index (χ4v) is 1.64. The summed E-state index contributed by atoms with van der Waals surface area (Å²) in [6, 6.07) is 1.25. The molecule has 0 aliphatic carbocycles. The maximum absolute atomic E-state index is 12.0. The van der Waals surface area contributed by atoms with Gasteiger partial charge in [-0.15, -0.1) is 12.4 Å². The third-order valence-corrected chi connectivity index (χ3v) is 3.28. The Balaban J connectivity index is 0.00000400. The number of aromatic nitrogens is 2. The molecule has 0 fully saturated rings. The second-order valence-corrected chi connectivity index (χ2v) is 5.25. The number of nitrogens with one attached hydrogen (secondary N) is 1. The predicted molar refractivity (Wildman–Crippen MR) is 83.6 cm³/mol. The van der Waals surface area contributed by atoms with Crippen molar-refractivity contribution < 1.29 is 4.79 Å². The van der Waals surface area contributed by atoms with Crippen LogP contribution in [0.1, 0.15) is 20.3 Å². The number of hydrogen-bond acceptors (Lipinski definition) is 4. The van der Waals surface area contributed by atoms with Crippen LogP contribution in [0, 0.1) is 5.92 Å². The molecular weight excluding hydrogens is 296 g/mol. The van der Waals surface area contributed by atoms with Gasteiger partial charge < -0.3 is 10.6 Å². The summed E-state index contributed by atoms with van der Waals surface area (Å²) < 4.78 is 1.17. The number of nitrogens with zero attached hydrogens (tertiary/aromatic N) is 2. The van der Waals surface area contributed by atoms with Gasteiger partial charge in [0.2, 0.25) is 5.91 Å². The molecule has 0 aliphatic rings. The van der Waals surface area contributed by atoms with Gasteiger partial charge in [0.15, 0.2) is 0 Å². The van der Waals surface area contributed by atoms with E-state index < -0.39 is 11.2 Å². The van der Waals surface area contributed by atoms with Gasteiger partial charge in [0, 0.05) is 31.9 Å². The molecule has 1 rings (SSSR count). The monoisotopic (exact) mass is 318 g/mol. The fraction of sp³-hybridized carbons (Fsp3) is 0.615. The van der Waals surface area contributed by atoms with Crippen LogP contribution in [0.15, 0.2) is 21.9 Å². The minimum atomic E-state index is -0.585. The second kappa shape index (κ2) is 8.63. The van der Waals surface area contributed by atoms with E-state index in [0.717, 1.165) is 0 Å². The van der Waals surface area contributed by atoms with Crippen molar-refractivity contribution in [3.8, 4) is 0 Å². The maximum atomic E-state index is 12.0. The molecule has 1 atom stereocenters. The van der Waals surface area contributed by atoms with E-state index in [2.05, 4.69) is 4.98 Å². The highest BCUT2D eigenvalue weighted by Crippen LogP contribution is 2.03. The molecule has 21 heavy (non-hydrogen) atoms. The van der Waals surface area contributed by atoms with Gasteiger partial charge in [0.25, 0.3) is 5.56 Å². The second-order valence-electron chi connectivity index (χ2n) is 5.25. The van der Waals surface area contributed by atoms with Gasteiger partial charge in [-0.05, 0) is 12.3 Å². The molecule has 0 spiro atoms. The molecule has 0 aliphatic heterocycles. The zero-order valence-corrected chi connectivity index (χ0v) is 13.4. The Bertz CT molecular complexity index is 567. The van der Waals surface area contributed by atoms with Crippen molar-refractivity contribution in [1.82, 2.24) is 14.5 Å². The summed E-state index contributed by atoms with van der Waals surface area (Å²) in [4.78, 5) is 38.0. The number of H-pyrrole nitrogens is 1. The highest BCUT2D eigenvalue weighted by atomic mass is 35.5. The number of halogens is 1. The van der Waals surface area contributed by atoms with Crippen molar-refractivity contribution in [3.63, 3.8) is 0 Å². The molecule has 0 saturated heterocycles. The van der Waals surface area contributed by atoms with Crippen LogP contribution < -0.4 is 17.0 Å². The lowest BCUT2D eigenvalue weighted by molar-refractivity contribution is -0.130. The van der Waals surface area contributed by atoms with E-state index in [9.17, 15) is 14.4 Å². The lowest BCUT2D eigenvalue weighted by Gasteiger charge is -2.21. The highest BCUT2D eigenvalue weighted by molar-refractivity contribution is 5.85. The van der Waals surface area contributed by atoms with E-state index in [1.54, 1.807) is 11.9 Å². The lowest BCUT2D eigenvalue weighted by atomic mass is 10.0. The van der Waals surface area contributed by atoms with Crippen LogP contribution in [0.5, 0.6) is 0 Å². The van der Waals surface area contributed by atoms with Crippen molar-refractivity contribution in [3.05, 3.63) is 33.1 Å². The van der Waals surface area contributed by atoms with Crippen molar-refractivity contribution in [2.75, 3.05) is 13.6 Å². The molecule has 0 bridgehead atoms. The van der Waals surface area contributed by atoms with Crippen molar-refractivity contribution in [1.29, 1.82) is 0 Å². The Morgan fingerprint density at radius 3 is 2.57 bits per heavy atom. The van der Waals surface area contributed by atoms with E-state index in [-0.39, 0.29) is 30.9 Å². The van der Waals surface area contributed by atoms with E-state index in [1.165, 1.54) is 16.8 Å². The van der Waals surface area contributed by atoms with Crippen LogP contribution >= 0.6 is 12.4 Å². The van der Waals surface area contributed by atoms with E-state index in [1.807, 2.05) is 13.8 Å². The molecule has 1 amide bonds. The molecular formula is C13H23ClN4O3. The van der Waals surface area contributed by atoms with Gasteiger partial charge in [-0.3, -0.25) is 19.1 Å². The number of hydrogen-bond donors (Lipinski definition) is 2. The quantitative estimate of drug-likeness (QED) is 0.757. The summed E-state index contributed by atoms with van der Waals surface area (Å²) in [5.74, 6) is 0.162. The van der Waals surface area contributed by atoms with Crippen LogP contribution in [0.25, 0.3) is 0 Å². The van der Waals surface area contributed by atoms with Gasteiger partial charge in [-0.25, -0.2) is 4.79 Å². The van der Waals surface area contributed by atoms with Crippen molar-refractivity contribution in [2.45, 2.75) is 32.9 Å². The smallest absolute Gasteiger partial charge is 0.328 e.